The molecule has 0 fully saturated rings. The Bertz CT molecular complexity index is 872. The molecule has 0 atom stereocenters. The van der Waals surface area contributed by atoms with Crippen molar-refractivity contribution in [3.05, 3.63) is 71.8 Å². The number of aryl methyl sites for hydroxylation is 1. The van der Waals surface area contributed by atoms with E-state index in [4.69, 9.17) is 4.74 Å². The number of hydrogen-bond donors (Lipinski definition) is 1. The molecule has 122 valence electrons. The van der Waals surface area contributed by atoms with Gasteiger partial charge in [-0.1, -0.05) is 6.07 Å². The molecule has 5 nitrogen and oxygen atoms in total. The van der Waals surface area contributed by atoms with E-state index in [2.05, 4.69) is 10.4 Å². The Morgan fingerprint density at radius 1 is 1.17 bits per heavy atom. The molecule has 0 aliphatic rings. The molecular formula is C18H16FN3O2. The van der Waals surface area contributed by atoms with Crippen LogP contribution >= 0.6 is 0 Å². The number of halogens is 1. The molecular weight excluding hydrogens is 309 g/mol. The van der Waals surface area contributed by atoms with Gasteiger partial charge >= 0.3 is 0 Å². The van der Waals surface area contributed by atoms with Crippen LogP contribution in [-0.2, 0) is 0 Å². The molecule has 1 N–H and O–H groups in total. The lowest BCUT2D eigenvalue weighted by molar-refractivity contribution is 0.102. The third-order valence-corrected chi connectivity index (χ3v) is 3.52. The van der Waals surface area contributed by atoms with Gasteiger partial charge in [0.25, 0.3) is 5.91 Å². The minimum atomic E-state index is -0.347. The van der Waals surface area contributed by atoms with E-state index >= 15 is 0 Å². The van der Waals surface area contributed by atoms with Gasteiger partial charge in [0.15, 0.2) is 5.69 Å². The number of nitrogens with one attached hydrogen (secondary N) is 1. The smallest absolute Gasteiger partial charge is 0.276 e. The molecule has 0 spiro atoms. The second-order valence-corrected chi connectivity index (χ2v) is 5.28. The van der Waals surface area contributed by atoms with Gasteiger partial charge in [0, 0.05) is 6.20 Å². The summed E-state index contributed by atoms with van der Waals surface area (Å²) in [5.41, 5.74) is 2.51. The molecule has 1 aromatic heterocycles. The van der Waals surface area contributed by atoms with Crippen molar-refractivity contribution in [2.75, 3.05) is 12.4 Å². The highest BCUT2D eigenvalue weighted by atomic mass is 19.1. The summed E-state index contributed by atoms with van der Waals surface area (Å²) in [5.74, 6) is -0.0953. The predicted molar refractivity (Wildman–Crippen MR) is 89.2 cm³/mol. The van der Waals surface area contributed by atoms with Crippen LogP contribution in [0.3, 0.4) is 0 Å². The molecule has 0 aliphatic heterocycles. The Labute approximate surface area is 138 Å². The Balaban J connectivity index is 1.81. The van der Waals surface area contributed by atoms with Gasteiger partial charge in [0.05, 0.1) is 18.5 Å². The summed E-state index contributed by atoms with van der Waals surface area (Å²) in [4.78, 5) is 12.4. The molecule has 0 aliphatic carbocycles. The summed E-state index contributed by atoms with van der Waals surface area (Å²) >= 11 is 0. The highest BCUT2D eigenvalue weighted by Crippen LogP contribution is 2.25. The number of carbonyl (C=O) groups excluding carboxylic acids is 1. The summed E-state index contributed by atoms with van der Waals surface area (Å²) in [7, 11) is 1.55. The number of methoxy groups -OCH3 is 1. The van der Waals surface area contributed by atoms with Crippen molar-refractivity contribution in [3.8, 4) is 11.4 Å². The van der Waals surface area contributed by atoms with Crippen LogP contribution in [0.2, 0.25) is 0 Å². The molecule has 0 radical (unpaired) electrons. The molecule has 1 heterocycles. The maximum atomic E-state index is 13.0. The van der Waals surface area contributed by atoms with Gasteiger partial charge in [-0.15, -0.1) is 0 Å². The van der Waals surface area contributed by atoms with Crippen LogP contribution in [0.5, 0.6) is 5.75 Å². The van der Waals surface area contributed by atoms with Crippen LogP contribution in [-0.4, -0.2) is 22.8 Å². The number of aromatic nitrogens is 2. The average Bonchev–Trinajstić information content (AvgIpc) is 3.06. The molecule has 3 aromatic rings. The van der Waals surface area contributed by atoms with Crippen molar-refractivity contribution in [1.29, 1.82) is 0 Å². The van der Waals surface area contributed by atoms with Crippen LogP contribution in [0.25, 0.3) is 5.69 Å². The van der Waals surface area contributed by atoms with Crippen molar-refractivity contribution >= 4 is 11.6 Å². The average molecular weight is 325 g/mol. The number of rotatable bonds is 4. The van der Waals surface area contributed by atoms with E-state index in [1.807, 2.05) is 19.1 Å². The van der Waals surface area contributed by atoms with E-state index in [9.17, 15) is 9.18 Å². The Morgan fingerprint density at radius 2 is 1.92 bits per heavy atom. The van der Waals surface area contributed by atoms with E-state index in [0.29, 0.717) is 17.1 Å². The van der Waals surface area contributed by atoms with Gasteiger partial charge in [0.2, 0.25) is 0 Å². The molecule has 0 bridgehead atoms. The lowest BCUT2D eigenvalue weighted by Crippen LogP contribution is -2.14. The van der Waals surface area contributed by atoms with E-state index in [1.54, 1.807) is 37.6 Å². The van der Waals surface area contributed by atoms with E-state index < -0.39 is 0 Å². The number of anilines is 1. The van der Waals surface area contributed by atoms with Crippen molar-refractivity contribution in [2.45, 2.75) is 6.92 Å². The van der Waals surface area contributed by atoms with Gasteiger partial charge in [0.1, 0.15) is 11.6 Å². The number of carbonyl (C=O) groups is 1. The largest absolute Gasteiger partial charge is 0.495 e. The highest BCUT2D eigenvalue weighted by Gasteiger charge is 2.13. The maximum Gasteiger partial charge on any atom is 0.276 e. The molecule has 2 aromatic carbocycles. The number of hydrogen-bond acceptors (Lipinski definition) is 3. The van der Waals surface area contributed by atoms with Crippen molar-refractivity contribution < 1.29 is 13.9 Å². The number of ether oxygens (including phenoxy) is 1. The number of benzene rings is 2. The summed E-state index contributed by atoms with van der Waals surface area (Å²) in [6, 6.07) is 13.0. The van der Waals surface area contributed by atoms with Crippen LogP contribution in [0.15, 0.2) is 54.7 Å². The minimum Gasteiger partial charge on any atom is -0.495 e. The summed E-state index contributed by atoms with van der Waals surface area (Å²) in [6.45, 7) is 1.93. The SMILES string of the molecule is COc1ccc(C)cc1NC(=O)c1ccn(-c2ccc(F)cc2)n1. The van der Waals surface area contributed by atoms with Gasteiger partial charge in [-0.05, 0) is 55.0 Å². The lowest BCUT2D eigenvalue weighted by Gasteiger charge is -2.10. The van der Waals surface area contributed by atoms with E-state index in [-0.39, 0.29) is 17.4 Å². The normalized spacial score (nSPS) is 10.5. The quantitative estimate of drug-likeness (QED) is 0.797. The molecule has 1 amide bonds. The summed E-state index contributed by atoms with van der Waals surface area (Å²) < 4.78 is 19.7. The Hall–Kier alpha value is -3.15. The van der Waals surface area contributed by atoms with Crippen LogP contribution in [0.4, 0.5) is 10.1 Å². The molecule has 0 unspecified atom stereocenters. The molecule has 6 heteroatoms. The second-order valence-electron chi connectivity index (χ2n) is 5.28. The number of amides is 1. The van der Waals surface area contributed by atoms with E-state index in [1.165, 1.54) is 16.8 Å². The zero-order valence-corrected chi connectivity index (χ0v) is 13.3. The van der Waals surface area contributed by atoms with E-state index in [0.717, 1.165) is 5.56 Å². The zero-order chi connectivity index (χ0) is 17.1. The first-order valence-corrected chi connectivity index (χ1v) is 7.34. The zero-order valence-electron chi connectivity index (χ0n) is 13.3. The highest BCUT2D eigenvalue weighted by molar-refractivity contribution is 6.03. The molecule has 0 saturated heterocycles. The molecule has 3 rings (SSSR count). The van der Waals surface area contributed by atoms with Crippen molar-refractivity contribution in [1.82, 2.24) is 9.78 Å². The van der Waals surface area contributed by atoms with Crippen molar-refractivity contribution in [2.24, 2.45) is 0 Å². The summed E-state index contributed by atoms with van der Waals surface area (Å²) in [6.07, 6.45) is 1.65. The number of nitrogens with zero attached hydrogens (tertiary/aromatic N) is 2. The summed E-state index contributed by atoms with van der Waals surface area (Å²) in [5, 5.41) is 7.02. The fourth-order valence-corrected chi connectivity index (χ4v) is 2.29. The predicted octanol–water partition coefficient (Wildman–Crippen LogP) is 3.58. The van der Waals surface area contributed by atoms with Crippen LogP contribution < -0.4 is 10.1 Å². The van der Waals surface area contributed by atoms with Crippen molar-refractivity contribution in [3.63, 3.8) is 0 Å². The van der Waals surface area contributed by atoms with Gasteiger partial charge in [-0.2, -0.15) is 5.10 Å². The third kappa shape index (κ3) is 3.27. The van der Waals surface area contributed by atoms with Crippen LogP contribution in [0.1, 0.15) is 16.1 Å². The first-order valence-electron chi connectivity index (χ1n) is 7.34. The lowest BCUT2D eigenvalue weighted by atomic mass is 10.2. The Kier molecular flexibility index (Phi) is 4.29. The fourth-order valence-electron chi connectivity index (χ4n) is 2.29. The standard InChI is InChI=1S/C18H16FN3O2/c1-12-3-8-17(24-2)16(11-12)20-18(23)15-9-10-22(21-15)14-6-4-13(19)5-7-14/h3-11H,1-2H3,(H,20,23). The Morgan fingerprint density at radius 3 is 2.62 bits per heavy atom. The van der Waals surface area contributed by atoms with Gasteiger partial charge in [-0.3, -0.25) is 4.79 Å². The second kappa shape index (κ2) is 6.54. The van der Waals surface area contributed by atoms with Gasteiger partial charge in [-0.25, -0.2) is 9.07 Å². The molecule has 24 heavy (non-hydrogen) atoms. The minimum absolute atomic E-state index is 0.253. The maximum absolute atomic E-state index is 13.0. The first-order chi connectivity index (χ1) is 11.6. The van der Waals surface area contributed by atoms with Crippen LogP contribution in [0, 0.1) is 12.7 Å². The topological polar surface area (TPSA) is 56.1 Å². The third-order valence-electron chi connectivity index (χ3n) is 3.52. The fraction of sp³-hybridized carbons (Fsp3) is 0.111. The van der Waals surface area contributed by atoms with Gasteiger partial charge < -0.3 is 10.1 Å². The monoisotopic (exact) mass is 325 g/mol. The molecule has 0 saturated carbocycles. The first kappa shape index (κ1) is 15.7.